The third kappa shape index (κ3) is 1.21. The number of hydrogen-bond donors (Lipinski definition) is 0. The summed E-state index contributed by atoms with van der Waals surface area (Å²) >= 11 is 0. The molecule has 0 aromatic heterocycles. The van der Waals surface area contributed by atoms with Gasteiger partial charge in [-0.3, -0.25) is 4.79 Å². The molecule has 0 aromatic carbocycles. The van der Waals surface area contributed by atoms with Crippen LogP contribution in [0.25, 0.3) is 0 Å². The average molecular weight is 154 g/mol. The predicted molar refractivity (Wildman–Crippen MR) is 46.4 cm³/mol. The van der Waals surface area contributed by atoms with Crippen molar-refractivity contribution in [2.24, 2.45) is 17.3 Å². The Balaban J connectivity index is 2.61. The molecule has 0 N–H and O–H groups in total. The second kappa shape index (κ2) is 2.62. The third-order valence-corrected chi connectivity index (χ3v) is 3.45. The van der Waals surface area contributed by atoms with E-state index in [1.807, 2.05) is 0 Å². The van der Waals surface area contributed by atoms with Crippen LogP contribution in [0.1, 0.15) is 40.5 Å². The number of ketones is 1. The van der Waals surface area contributed by atoms with Crippen LogP contribution < -0.4 is 0 Å². The zero-order valence-electron chi connectivity index (χ0n) is 7.98. The van der Waals surface area contributed by atoms with E-state index in [0.717, 1.165) is 12.3 Å². The van der Waals surface area contributed by atoms with Gasteiger partial charge in [-0.1, -0.05) is 27.2 Å². The highest BCUT2D eigenvalue weighted by atomic mass is 16.1. The average Bonchev–Trinajstić information content (AvgIpc) is 1.85. The monoisotopic (exact) mass is 154 g/mol. The van der Waals surface area contributed by atoms with E-state index in [4.69, 9.17) is 0 Å². The fourth-order valence-electron chi connectivity index (χ4n) is 2.40. The van der Waals surface area contributed by atoms with E-state index in [1.54, 1.807) is 6.92 Å². The van der Waals surface area contributed by atoms with E-state index in [9.17, 15) is 4.79 Å². The summed E-state index contributed by atoms with van der Waals surface area (Å²) in [5.74, 6) is 1.49. The lowest BCUT2D eigenvalue weighted by molar-refractivity contribution is -0.136. The van der Waals surface area contributed by atoms with Crippen molar-refractivity contribution >= 4 is 5.78 Å². The molecule has 0 aliphatic heterocycles. The molecular weight excluding hydrogens is 136 g/mol. The molecule has 1 aliphatic carbocycles. The molecule has 0 amide bonds. The highest BCUT2D eigenvalue weighted by Gasteiger charge is 2.48. The van der Waals surface area contributed by atoms with Crippen molar-refractivity contribution in [2.75, 3.05) is 0 Å². The molecule has 0 aromatic rings. The molecule has 1 heteroatoms. The molecule has 64 valence electrons. The number of carbonyl (C=O) groups is 1. The van der Waals surface area contributed by atoms with Crippen LogP contribution >= 0.6 is 0 Å². The van der Waals surface area contributed by atoms with Gasteiger partial charge < -0.3 is 0 Å². The van der Waals surface area contributed by atoms with Crippen molar-refractivity contribution in [1.29, 1.82) is 0 Å². The predicted octanol–water partition coefficient (Wildman–Crippen LogP) is 2.65. The van der Waals surface area contributed by atoms with Crippen molar-refractivity contribution in [3.8, 4) is 0 Å². The Morgan fingerprint density at radius 3 is 2.36 bits per heavy atom. The SMILES string of the molecule is CC[C@@H]1C[C@H](C(C)=O)C1(C)C. The summed E-state index contributed by atoms with van der Waals surface area (Å²) in [5, 5.41) is 0. The fraction of sp³-hybridized carbons (Fsp3) is 0.900. The molecule has 0 bridgehead atoms. The summed E-state index contributed by atoms with van der Waals surface area (Å²) < 4.78 is 0. The molecule has 0 radical (unpaired) electrons. The number of rotatable bonds is 2. The van der Waals surface area contributed by atoms with Gasteiger partial charge in [0, 0.05) is 5.92 Å². The lowest BCUT2D eigenvalue weighted by Gasteiger charge is -2.51. The molecule has 0 heterocycles. The largest absolute Gasteiger partial charge is 0.300 e. The third-order valence-electron chi connectivity index (χ3n) is 3.45. The van der Waals surface area contributed by atoms with Gasteiger partial charge in [0.15, 0.2) is 0 Å². The maximum Gasteiger partial charge on any atom is 0.133 e. The normalized spacial score (nSPS) is 34.5. The molecule has 1 fully saturated rings. The van der Waals surface area contributed by atoms with Gasteiger partial charge in [0.2, 0.25) is 0 Å². The first kappa shape index (κ1) is 8.76. The Bertz CT molecular complexity index is 170. The quantitative estimate of drug-likeness (QED) is 0.597. The van der Waals surface area contributed by atoms with Crippen LogP contribution in [0.15, 0.2) is 0 Å². The Morgan fingerprint density at radius 2 is 2.09 bits per heavy atom. The van der Waals surface area contributed by atoms with E-state index in [2.05, 4.69) is 20.8 Å². The molecule has 11 heavy (non-hydrogen) atoms. The molecule has 2 atom stereocenters. The maximum atomic E-state index is 11.1. The second-order valence-corrected chi connectivity index (χ2v) is 4.33. The zero-order chi connectivity index (χ0) is 8.65. The number of Topliss-reactive ketones (excluding diaryl/α,β-unsaturated/α-hetero) is 1. The number of carbonyl (C=O) groups excluding carboxylic acids is 1. The van der Waals surface area contributed by atoms with Crippen molar-refractivity contribution in [1.82, 2.24) is 0 Å². The van der Waals surface area contributed by atoms with Crippen LogP contribution in [0, 0.1) is 17.3 Å². The molecule has 1 saturated carbocycles. The summed E-state index contributed by atoms with van der Waals surface area (Å²) in [6.45, 7) is 8.37. The first-order valence-electron chi connectivity index (χ1n) is 4.50. The fourth-order valence-corrected chi connectivity index (χ4v) is 2.40. The Hall–Kier alpha value is -0.330. The first-order valence-corrected chi connectivity index (χ1v) is 4.50. The van der Waals surface area contributed by atoms with Crippen LogP contribution in [0.2, 0.25) is 0 Å². The van der Waals surface area contributed by atoms with Gasteiger partial charge in [-0.25, -0.2) is 0 Å². The minimum atomic E-state index is 0.278. The molecule has 1 rings (SSSR count). The van der Waals surface area contributed by atoms with E-state index >= 15 is 0 Å². The molecule has 0 spiro atoms. The van der Waals surface area contributed by atoms with E-state index in [-0.39, 0.29) is 5.41 Å². The number of hydrogen-bond acceptors (Lipinski definition) is 1. The van der Waals surface area contributed by atoms with Gasteiger partial charge in [-0.05, 0) is 24.7 Å². The summed E-state index contributed by atoms with van der Waals surface area (Å²) in [6, 6.07) is 0. The highest BCUT2D eigenvalue weighted by Crippen LogP contribution is 2.52. The lowest BCUT2D eigenvalue weighted by atomic mass is 9.53. The topological polar surface area (TPSA) is 17.1 Å². The molecule has 0 saturated heterocycles. The first-order chi connectivity index (χ1) is 5.00. The highest BCUT2D eigenvalue weighted by molar-refractivity contribution is 5.80. The lowest BCUT2D eigenvalue weighted by Crippen LogP contribution is -2.47. The Labute approximate surface area is 69.2 Å². The van der Waals surface area contributed by atoms with Crippen LogP contribution in [-0.4, -0.2) is 5.78 Å². The Kier molecular flexibility index (Phi) is 2.08. The summed E-state index contributed by atoms with van der Waals surface area (Å²) in [5.41, 5.74) is 0.278. The minimum absolute atomic E-state index is 0.278. The van der Waals surface area contributed by atoms with Crippen LogP contribution in [0.4, 0.5) is 0 Å². The zero-order valence-corrected chi connectivity index (χ0v) is 7.98. The molecule has 0 unspecified atom stereocenters. The molecule has 1 aliphatic rings. The van der Waals surface area contributed by atoms with Gasteiger partial charge in [-0.15, -0.1) is 0 Å². The summed E-state index contributed by atoms with van der Waals surface area (Å²) in [4.78, 5) is 11.1. The summed E-state index contributed by atoms with van der Waals surface area (Å²) in [6.07, 6.45) is 2.34. The molecule has 1 nitrogen and oxygen atoms in total. The van der Waals surface area contributed by atoms with E-state index in [0.29, 0.717) is 11.7 Å². The summed E-state index contributed by atoms with van der Waals surface area (Å²) in [7, 11) is 0. The Morgan fingerprint density at radius 1 is 1.55 bits per heavy atom. The van der Waals surface area contributed by atoms with Crippen molar-refractivity contribution in [2.45, 2.75) is 40.5 Å². The van der Waals surface area contributed by atoms with Crippen LogP contribution in [0.5, 0.6) is 0 Å². The van der Waals surface area contributed by atoms with Gasteiger partial charge in [-0.2, -0.15) is 0 Å². The van der Waals surface area contributed by atoms with Crippen molar-refractivity contribution in [3.63, 3.8) is 0 Å². The van der Waals surface area contributed by atoms with Crippen LogP contribution in [-0.2, 0) is 4.79 Å². The van der Waals surface area contributed by atoms with E-state index < -0.39 is 0 Å². The smallest absolute Gasteiger partial charge is 0.133 e. The van der Waals surface area contributed by atoms with Crippen molar-refractivity contribution in [3.05, 3.63) is 0 Å². The van der Waals surface area contributed by atoms with E-state index in [1.165, 1.54) is 6.42 Å². The van der Waals surface area contributed by atoms with Gasteiger partial charge in [0.05, 0.1) is 0 Å². The molecular formula is C10H18O. The minimum Gasteiger partial charge on any atom is -0.300 e. The van der Waals surface area contributed by atoms with Crippen LogP contribution in [0.3, 0.4) is 0 Å². The van der Waals surface area contributed by atoms with Crippen molar-refractivity contribution < 1.29 is 4.79 Å². The van der Waals surface area contributed by atoms with Gasteiger partial charge >= 0.3 is 0 Å². The maximum absolute atomic E-state index is 11.1. The standard InChI is InChI=1S/C10H18O/c1-5-8-6-9(7(2)11)10(8,3)4/h8-9H,5-6H2,1-4H3/t8-,9-/m1/s1. The van der Waals surface area contributed by atoms with Gasteiger partial charge in [0.1, 0.15) is 5.78 Å². The second-order valence-electron chi connectivity index (χ2n) is 4.33. The van der Waals surface area contributed by atoms with Gasteiger partial charge in [0.25, 0.3) is 0 Å².